The number of ether oxygens (including phenoxy) is 2. The maximum absolute atomic E-state index is 14.8. The molecule has 1 saturated carbocycles. The second-order valence-electron chi connectivity index (χ2n) is 10.3. The van der Waals surface area contributed by atoms with Crippen molar-refractivity contribution in [2.24, 2.45) is 5.92 Å². The summed E-state index contributed by atoms with van der Waals surface area (Å²) < 4.78 is 93.3. The normalized spacial score (nSPS) is 20.0. The molecule has 1 aromatic carbocycles. The van der Waals surface area contributed by atoms with E-state index in [-0.39, 0.29) is 48.5 Å². The number of amides is 1. The predicted molar refractivity (Wildman–Crippen MR) is 149 cm³/mol. The molecule has 1 saturated heterocycles. The number of rotatable bonds is 9. The molecule has 0 unspecified atom stereocenters. The molecule has 234 valence electrons. The van der Waals surface area contributed by atoms with E-state index in [2.05, 4.69) is 25.3 Å². The summed E-state index contributed by atoms with van der Waals surface area (Å²) in [6.07, 6.45) is 0.467. The van der Waals surface area contributed by atoms with Crippen LogP contribution < -0.4 is 20.1 Å². The highest BCUT2D eigenvalue weighted by Gasteiger charge is 2.37. The van der Waals surface area contributed by atoms with E-state index >= 15 is 0 Å². The van der Waals surface area contributed by atoms with Gasteiger partial charge in [0.1, 0.15) is 11.6 Å². The maximum atomic E-state index is 14.8. The molecule has 2 atom stereocenters. The molecule has 10 nitrogen and oxygen atoms in total. The molecule has 2 aromatic rings. The van der Waals surface area contributed by atoms with Crippen LogP contribution in [0.1, 0.15) is 67.6 Å². The number of aromatic nitrogens is 2. The first-order chi connectivity index (χ1) is 19.3. The lowest BCUT2D eigenvalue weighted by Crippen LogP contribution is -2.42. The predicted octanol–water partition coefficient (Wildman–Crippen LogP) is 4.58. The van der Waals surface area contributed by atoms with Gasteiger partial charge in [-0.3, -0.25) is 4.79 Å². The van der Waals surface area contributed by atoms with Crippen molar-refractivity contribution < 1.29 is 40.2 Å². The Morgan fingerprint density at radius 1 is 1.14 bits per heavy atom. The van der Waals surface area contributed by atoms with Gasteiger partial charge in [-0.1, -0.05) is 20.3 Å². The smallest absolute Gasteiger partial charge is 0.419 e. The first-order valence-electron chi connectivity index (χ1n) is 13.3. The zero-order chi connectivity index (χ0) is 29.8. The average Bonchev–Trinajstić information content (AvgIpc) is 2.89. The van der Waals surface area contributed by atoms with Crippen LogP contribution in [0.3, 0.4) is 0 Å². The molecule has 2 fully saturated rings. The molecule has 15 heteroatoms. The van der Waals surface area contributed by atoms with Gasteiger partial charge in [0.25, 0.3) is 5.91 Å². The van der Waals surface area contributed by atoms with E-state index < -0.39 is 45.4 Å². The van der Waals surface area contributed by atoms with E-state index in [1.54, 1.807) is 0 Å². The molecule has 0 spiro atoms. The van der Waals surface area contributed by atoms with Crippen LogP contribution in [-0.4, -0.2) is 63.0 Å². The fraction of sp³-hybridized carbons (Fsp3) is 0.593. The number of nitrogens with one attached hydrogen (secondary N) is 3. The van der Waals surface area contributed by atoms with E-state index in [0.29, 0.717) is 45.1 Å². The number of sulfonamides is 1. The van der Waals surface area contributed by atoms with Crippen molar-refractivity contribution in [1.29, 1.82) is 0 Å². The van der Waals surface area contributed by atoms with Crippen LogP contribution in [-0.2, 0) is 27.4 Å². The zero-order valence-corrected chi connectivity index (χ0v) is 23.5. The third kappa shape index (κ3) is 8.74. The number of alkyl halides is 3. The molecule has 0 bridgehead atoms. The molecule has 1 aromatic heterocycles. The lowest BCUT2D eigenvalue weighted by Gasteiger charge is -2.32. The molecule has 4 rings (SSSR count). The zero-order valence-electron chi connectivity index (χ0n) is 22.7. The van der Waals surface area contributed by atoms with Gasteiger partial charge >= 0.3 is 6.18 Å². The van der Waals surface area contributed by atoms with Crippen LogP contribution in [0, 0.1) is 11.7 Å². The summed E-state index contributed by atoms with van der Waals surface area (Å²) in [7, 11) is -2.29. The third-order valence-electron chi connectivity index (χ3n) is 7.24. The fourth-order valence-corrected chi connectivity index (χ4v) is 6.08. The fourth-order valence-electron chi connectivity index (χ4n) is 5.22. The van der Waals surface area contributed by atoms with Crippen molar-refractivity contribution in [3.63, 3.8) is 0 Å². The van der Waals surface area contributed by atoms with Crippen LogP contribution in [0.25, 0.3) is 0 Å². The number of hydrogen-bond donors (Lipinski definition) is 3. The maximum Gasteiger partial charge on any atom is 0.419 e. The number of anilines is 2. The van der Waals surface area contributed by atoms with Crippen molar-refractivity contribution in [2.45, 2.75) is 70.6 Å². The van der Waals surface area contributed by atoms with E-state index in [4.69, 9.17) is 9.47 Å². The highest BCUT2D eigenvalue weighted by molar-refractivity contribution is 7.88. The molecule has 42 heavy (non-hydrogen) atoms. The van der Waals surface area contributed by atoms with E-state index in [1.165, 1.54) is 13.2 Å². The second-order valence-corrected chi connectivity index (χ2v) is 12.1. The van der Waals surface area contributed by atoms with Gasteiger partial charge in [0.2, 0.25) is 16.0 Å². The number of benzene rings is 1. The Labute approximate surface area is 243 Å². The highest BCUT2D eigenvalue weighted by atomic mass is 32.2. The second kappa shape index (κ2) is 14.0. The minimum absolute atomic E-state index is 0. The van der Waals surface area contributed by atoms with Crippen molar-refractivity contribution in [2.75, 3.05) is 31.9 Å². The lowest BCUT2D eigenvalue weighted by atomic mass is 9.81. The number of methoxy groups -OCH3 is 1. The number of hydrogen-bond acceptors (Lipinski definition) is 8. The number of nitrogens with zero attached hydrogens (tertiary/aromatic N) is 2. The van der Waals surface area contributed by atoms with Gasteiger partial charge in [-0.15, -0.1) is 0 Å². The lowest BCUT2D eigenvalue weighted by molar-refractivity contribution is -0.138. The Balaban J connectivity index is 0.00000484. The number of carbonyl (C=O) groups excluding carboxylic acids is 1. The van der Waals surface area contributed by atoms with E-state index in [0.717, 1.165) is 25.2 Å². The molecule has 2 heterocycles. The minimum atomic E-state index is -4.74. The van der Waals surface area contributed by atoms with Gasteiger partial charge in [-0.2, -0.15) is 13.2 Å². The Hall–Kier alpha value is -3.04. The van der Waals surface area contributed by atoms with Gasteiger partial charge in [-0.05, 0) is 44.1 Å². The average molecular weight is 620 g/mol. The molecule has 1 amide bonds. The topological polar surface area (TPSA) is 132 Å². The van der Waals surface area contributed by atoms with Crippen LogP contribution in [0.5, 0.6) is 5.75 Å². The molecule has 2 aliphatic rings. The molecule has 3 N–H and O–H groups in total. The van der Waals surface area contributed by atoms with Crippen molar-refractivity contribution in [3.05, 3.63) is 41.0 Å². The SMILES string of the molecule is C.COc1cc(F)c(C(=O)NC2CCOCC2)cc1Nc1ncc(C(F)(F)F)c(C[C@@H]2CCCC[C@H]2NS(C)(=O)=O)n1. The largest absolute Gasteiger partial charge is 0.494 e. The van der Waals surface area contributed by atoms with E-state index in [1.807, 2.05) is 0 Å². The van der Waals surface area contributed by atoms with Gasteiger partial charge in [0, 0.05) is 37.6 Å². The Morgan fingerprint density at radius 3 is 2.48 bits per heavy atom. The summed E-state index contributed by atoms with van der Waals surface area (Å²) in [5.74, 6) is -2.15. The standard InChI is InChI=1S/C26H33F4N5O5S.CH4/c1-39-23-13-19(27)17(24(36)32-16-7-9-40-10-8-16)12-22(23)34-25-31-14-18(26(28,29)30)21(33-25)11-15-5-3-4-6-20(15)35-41(2,37)38;/h12-16,20,35H,3-11H2,1-2H3,(H,32,36)(H,31,33,34);1H4/t15-,20+;/m0./s1. The van der Waals surface area contributed by atoms with Gasteiger partial charge in [0.15, 0.2) is 0 Å². The van der Waals surface area contributed by atoms with Crippen molar-refractivity contribution in [1.82, 2.24) is 20.0 Å². The first kappa shape index (κ1) is 33.5. The van der Waals surface area contributed by atoms with Crippen LogP contribution >= 0.6 is 0 Å². The molecular formula is C27H37F4N5O5S. The quantitative estimate of drug-likeness (QED) is 0.348. The Kier molecular flexibility index (Phi) is 11.1. The number of carbonyl (C=O) groups is 1. The third-order valence-corrected chi connectivity index (χ3v) is 7.97. The summed E-state index contributed by atoms with van der Waals surface area (Å²) in [5, 5.41) is 5.53. The summed E-state index contributed by atoms with van der Waals surface area (Å²) >= 11 is 0. The van der Waals surface area contributed by atoms with E-state index in [9.17, 15) is 30.8 Å². The van der Waals surface area contributed by atoms with Gasteiger partial charge in [-0.25, -0.2) is 27.5 Å². The molecule has 0 radical (unpaired) electrons. The Bertz CT molecular complexity index is 1350. The number of halogens is 4. The van der Waals surface area contributed by atoms with Crippen LogP contribution in [0.15, 0.2) is 18.3 Å². The summed E-state index contributed by atoms with van der Waals surface area (Å²) in [5.41, 5.74) is -1.55. The monoisotopic (exact) mass is 619 g/mol. The van der Waals surface area contributed by atoms with Gasteiger partial charge in [0.05, 0.1) is 35.9 Å². The van der Waals surface area contributed by atoms with Crippen molar-refractivity contribution in [3.8, 4) is 5.75 Å². The van der Waals surface area contributed by atoms with Crippen LogP contribution in [0.4, 0.5) is 29.2 Å². The first-order valence-corrected chi connectivity index (χ1v) is 15.2. The molecule has 1 aliphatic carbocycles. The summed E-state index contributed by atoms with van der Waals surface area (Å²) in [6, 6.07) is 1.47. The van der Waals surface area contributed by atoms with Crippen molar-refractivity contribution >= 4 is 27.6 Å². The summed E-state index contributed by atoms with van der Waals surface area (Å²) in [4.78, 5) is 20.8. The highest BCUT2D eigenvalue weighted by Crippen LogP contribution is 2.36. The van der Waals surface area contributed by atoms with Crippen LogP contribution in [0.2, 0.25) is 0 Å². The Morgan fingerprint density at radius 2 is 1.83 bits per heavy atom. The summed E-state index contributed by atoms with van der Waals surface area (Å²) in [6.45, 7) is 0.949. The molecule has 1 aliphatic heterocycles. The van der Waals surface area contributed by atoms with Gasteiger partial charge < -0.3 is 20.1 Å². The minimum Gasteiger partial charge on any atom is -0.494 e. The molecular weight excluding hydrogens is 582 g/mol.